The molecule has 1 fully saturated rings. The monoisotopic (exact) mass is 388 g/mol. The normalized spacial score (nSPS) is 17.3. The highest BCUT2D eigenvalue weighted by molar-refractivity contribution is 5.83. The number of piperazine rings is 1. The minimum absolute atomic E-state index is 0.0654. The summed E-state index contributed by atoms with van der Waals surface area (Å²) in [4.78, 5) is 20.1. The first-order valence-corrected chi connectivity index (χ1v) is 9.94. The smallest absolute Gasteiger partial charge is 0.258 e. The van der Waals surface area contributed by atoms with Gasteiger partial charge in [-0.15, -0.1) is 0 Å². The second-order valence-corrected chi connectivity index (χ2v) is 7.93. The number of nitrogens with zero attached hydrogens (tertiary/aromatic N) is 5. The number of fused-ring (bicyclic) bond motifs is 2. The van der Waals surface area contributed by atoms with E-state index in [-0.39, 0.29) is 5.56 Å². The first-order chi connectivity index (χ1) is 14.0. The number of aromatic nitrogens is 4. The predicted molar refractivity (Wildman–Crippen MR) is 116 cm³/mol. The minimum Gasteiger partial charge on any atom is -0.368 e. The van der Waals surface area contributed by atoms with Crippen LogP contribution in [0.1, 0.15) is 12.5 Å². The van der Waals surface area contributed by atoms with E-state index in [0.717, 1.165) is 47.4 Å². The van der Waals surface area contributed by atoms with Crippen LogP contribution >= 0.6 is 0 Å². The highest BCUT2D eigenvalue weighted by Crippen LogP contribution is 2.24. The molecule has 1 aliphatic heterocycles. The molecular weight excluding hydrogens is 364 g/mol. The van der Waals surface area contributed by atoms with Gasteiger partial charge in [0.25, 0.3) is 5.56 Å². The lowest BCUT2D eigenvalue weighted by atomic mass is 10.1. The van der Waals surface area contributed by atoms with Gasteiger partial charge in [0, 0.05) is 62.1 Å². The second kappa shape index (κ2) is 6.70. The van der Waals surface area contributed by atoms with Crippen molar-refractivity contribution in [3.8, 4) is 11.3 Å². The number of benzene rings is 1. The van der Waals surface area contributed by atoms with Crippen LogP contribution in [0.15, 0.2) is 47.5 Å². The quantitative estimate of drug-likeness (QED) is 0.571. The molecule has 7 nitrogen and oxygen atoms in total. The topological polar surface area (TPSA) is 67.5 Å². The van der Waals surface area contributed by atoms with Crippen LogP contribution in [0.2, 0.25) is 0 Å². The van der Waals surface area contributed by atoms with E-state index in [1.54, 1.807) is 15.1 Å². The molecule has 1 atom stereocenters. The summed E-state index contributed by atoms with van der Waals surface area (Å²) in [5.74, 6) is 0. The summed E-state index contributed by atoms with van der Waals surface area (Å²) >= 11 is 0. The first kappa shape index (κ1) is 17.9. The molecule has 0 spiro atoms. The van der Waals surface area contributed by atoms with Crippen molar-refractivity contribution >= 4 is 22.2 Å². The average molecular weight is 388 g/mol. The Kier molecular flexibility index (Phi) is 4.13. The van der Waals surface area contributed by atoms with Crippen molar-refractivity contribution in [1.29, 1.82) is 0 Å². The number of hydrogen-bond donors (Lipinski definition) is 1. The summed E-state index contributed by atoms with van der Waals surface area (Å²) in [6.45, 7) is 7.00. The van der Waals surface area contributed by atoms with Crippen LogP contribution in [0.3, 0.4) is 0 Å². The van der Waals surface area contributed by atoms with Crippen LogP contribution < -0.4 is 15.8 Å². The molecule has 0 aliphatic carbocycles. The van der Waals surface area contributed by atoms with Gasteiger partial charge in [-0.2, -0.15) is 5.10 Å². The molecule has 4 heterocycles. The maximum absolute atomic E-state index is 13.0. The Hall–Kier alpha value is -3.19. The van der Waals surface area contributed by atoms with Gasteiger partial charge in [0.05, 0.1) is 16.9 Å². The van der Waals surface area contributed by atoms with Gasteiger partial charge in [-0.1, -0.05) is 6.07 Å². The maximum Gasteiger partial charge on any atom is 0.258 e. The van der Waals surface area contributed by atoms with Gasteiger partial charge in [-0.25, -0.2) is 4.98 Å². The Morgan fingerprint density at radius 1 is 1.17 bits per heavy atom. The third-order valence-electron chi connectivity index (χ3n) is 5.58. The molecule has 0 radical (unpaired) electrons. The van der Waals surface area contributed by atoms with Crippen molar-refractivity contribution in [3.05, 3.63) is 58.6 Å². The number of rotatable bonds is 2. The Bertz CT molecular complexity index is 1290. The zero-order chi connectivity index (χ0) is 20.1. The fourth-order valence-corrected chi connectivity index (χ4v) is 4.15. The number of pyridine rings is 1. The average Bonchev–Trinajstić information content (AvgIpc) is 3.07. The van der Waals surface area contributed by atoms with E-state index < -0.39 is 0 Å². The molecule has 29 heavy (non-hydrogen) atoms. The molecular formula is C22H24N6O. The summed E-state index contributed by atoms with van der Waals surface area (Å²) in [5, 5.41) is 8.90. The van der Waals surface area contributed by atoms with E-state index >= 15 is 0 Å². The molecule has 1 aromatic carbocycles. The van der Waals surface area contributed by atoms with Crippen molar-refractivity contribution in [2.75, 3.05) is 24.5 Å². The highest BCUT2D eigenvalue weighted by Gasteiger charge is 2.18. The van der Waals surface area contributed by atoms with Crippen molar-refractivity contribution < 1.29 is 0 Å². The fraction of sp³-hybridized carbons (Fsp3) is 0.318. The van der Waals surface area contributed by atoms with E-state index in [0.29, 0.717) is 17.4 Å². The van der Waals surface area contributed by atoms with Gasteiger partial charge in [-0.3, -0.25) is 13.9 Å². The van der Waals surface area contributed by atoms with E-state index in [2.05, 4.69) is 28.3 Å². The molecule has 0 amide bonds. The number of aryl methyl sites for hydroxylation is 2. The van der Waals surface area contributed by atoms with Crippen molar-refractivity contribution in [1.82, 2.24) is 24.5 Å². The molecule has 1 N–H and O–H groups in total. The molecule has 7 heteroatoms. The largest absolute Gasteiger partial charge is 0.368 e. The van der Waals surface area contributed by atoms with Gasteiger partial charge in [0.1, 0.15) is 5.65 Å². The molecule has 148 valence electrons. The molecule has 0 saturated carbocycles. The Balaban J connectivity index is 1.61. The number of nitrogens with one attached hydrogen (secondary N) is 1. The first-order valence-electron chi connectivity index (χ1n) is 9.94. The van der Waals surface area contributed by atoms with Crippen molar-refractivity contribution in [2.24, 2.45) is 7.05 Å². The van der Waals surface area contributed by atoms with Gasteiger partial charge in [-0.05, 0) is 37.6 Å². The van der Waals surface area contributed by atoms with Crippen LogP contribution in [-0.2, 0) is 7.05 Å². The summed E-state index contributed by atoms with van der Waals surface area (Å²) in [6.07, 6.45) is 3.89. The Labute approximate surface area is 168 Å². The summed E-state index contributed by atoms with van der Waals surface area (Å²) in [7, 11) is 1.90. The van der Waals surface area contributed by atoms with Crippen LogP contribution in [0.4, 0.5) is 5.69 Å². The molecule has 1 aliphatic rings. The van der Waals surface area contributed by atoms with E-state index in [4.69, 9.17) is 4.98 Å². The molecule has 0 unspecified atom stereocenters. The summed E-state index contributed by atoms with van der Waals surface area (Å²) in [5.41, 5.74) is 5.23. The third kappa shape index (κ3) is 3.17. The lowest BCUT2D eigenvalue weighted by Crippen LogP contribution is -2.49. The lowest BCUT2D eigenvalue weighted by Gasteiger charge is -2.33. The summed E-state index contributed by atoms with van der Waals surface area (Å²) < 4.78 is 3.46. The number of hydrogen-bond acceptors (Lipinski definition) is 5. The fourth-order valence-electron chi connectivity index (χ4n) is 4.15. The molecule has 3 aromatic heterocycles. The van der Waals surface area contributed by atoms with E-state index in [1.165, 1.54) is 0 Å². The van der Waals surface area contributed by atoms with Crippen LogP contribution in [-0.4, -0.2) is 44.8 Å². The van der Waals surface area contributed by atoms with Gasteiger partial charge in [0.15, 0.2) is 0 Å². The maximum atomic E-state index is 13.0. The highest BCUT2D eigenvalue weighted by atomic mass is 16.1. The zero-order valence-corrected chi connectivity index (χ0v) is 16.9. The molecule has 5 rings (SSSR count). The lowest BCUT2D eigenvalue weighted by molar-refractivity contribution is 0.484. The van der Waals surface area contributed by atoms with Crippen LogP contribution in [0, 0.1) is 6.92 Å². The van der Waals surface area contributed by atoms with Crippen molar-refractivity contribution in [2.45, 2.75) is 19.9 Å². The third-order valence-corrected chi connectivity index (χ3v) is 5.58. The standard InChI is InChI=1S/C22H24N6O/c1-14-8-18(27-7-6-23-15(2)11-27)13-28-21(29)10-20(24-22(14)28)16-4-5-19-17(9-16)12-26(3)25-19/h4-5,8-10,12-13,15,23H,6-7,11H2,1-3H3/t15-/m1/s1. The van der Waals surface area contributed by atoms with Gasteiger partial charge < -0.3 is 10.2 Å². The predicted octanol–water partition coefficient (Wildman–Crippen LogP) is 2.35. The number of anilines is 1. The molecule has 4 aromatic rings. The van der Waals surface area contributed by atoms with Crippen LogP contribution in [0.5, 0.6) is 0 Å². The Morgan fingerprint density at radius 2 is 2.03 bits per heavy atom. The zero-order valence-electron chi connectivity index (χ0n) is 16.9. The van der Waals surface area contributed by atoms with E-state index in [1.807, 2.05) is 44.6 Å². The Morgan fingerprint density at radius 3 is 2.86 bits per heavy atom. The summed E-state index contributed by atoms with van der Waals surface area (Å²) in [6, 6.07) is 10.2. The minimum atomic E-state index is -0.0654. The van der Waals surface area contributed by atoms with Gasteiger partial charge in [0.2, 0.25) is 0 Å². The molecule has 1 saturated heterocycles. The SMILES string of the molecule is Cc1cc(N2CCN[C@H](C)C2)cn2c(=O)cc(-c3ccc4nn(C)cc4c3)nc12. The van der Waals surface area contributed by atoms with Crippen molar-refractivity contribution in [3.63, 3.8) is 0 Å². The van der Waals surface area contributed by atoms with Crippen LogP contribution in [0.25, 0.3) is 27.8 Å². The second-order valence-electron chi connectivity index (χ2n) is 7.93. The molecule has 0 bridgehead atoms. The van der Waals surface area contributed by atoms with Gasteiger partial charge >= 0.3 is 0 Å². The van der Waals surface area contributed by atoms with E-state index in [9.17, 15) is 4.79 Å².